The number of carbonyl (C=O) groups is 1. The molecule has 1 aliphatic heterocycles. The summed E-state index contributed by atoms with van der Waals surface area (Å²) in [5.74, 6) is 0.312. The van der Waals surface area contributed by atoms with Crippen molar-refractivity contribution >= 4 is 34.4 Å². The minimum Gasteiger partial charge on any atom is -0.323 e. The summed E-state index contributed by atoms with van der Waals surface area (Å²) in [7, 11) is 0. The first kappa shape index (κ1) is 18.7. The molecule has 0 saturated carbocycles. The largest absolute Gasteiger partial charge is 0.323 e. The summed E-state index contributed by atoms with van der Waals surface area (Å²) in [5.41, 5.74) is 2.84. The van der Waals surface area contributed by atoms with Gasteiger partial charge >= 0.3 is 0 Å². The summed E-state index contributed by atoms with van der Waals surface area (Å²) in [4.78, 5) is 21.8. The van der Waals surface area contributed by atoms with Crippen LogP contribution in [0.5, 0.6) is 0 Å². The number of hydrogen-bond acceptors (Lipinski definition) is 5. The van der Waals surface area contributed by atoms with E-state index in [9.17, 15) is 4.79 Å². The number of rotatable bonds is 4. The van der Waals surface area contributed by atoms with Gasteiger partial charge in [0, 0.05) is 16.5 Å². The summed E-state index contributed by atoms with van der Waals surface area (Å²) in [6, 6.07) is 15.5. The van der Waals surface area contributed by atoms with Crippen LogP contribution >= 0.6 is 11.6 Å². The first-order chi connectivity index (χ1) is 13.5. The van der Waals surface area contributed by atoms with Gasteiger partial charge in [0.1, 0.15) is 0 Å². The predicted molar refractivity (Wildman–Crippen MR) is 111 cm³/mol. The molecule has 0 aliphatic carbocycles. The topological polar surface area (TPSA) is 78.9 Å². The fraction of sp³-hybridized carbons (Fsp3) is 0.286. The highest BCUT2D eigenvalue weighted by atomic mass is 35.5. The molecular formula is C21H22ClN5O. The van der Waals surface area contributed by atoms with Crippen molar-refractivity contribution in [1.29, 1.82) is 0 Å². The molecule has 7 heteroatoms. The zero-order valence-corrected chi connectivity index (χ0v) is 16.5. The molecule has 0 spiro atoms. The number of halogens is 1. The summed E-state index contributed by atoms with van der Waals surface area (Å²) in [6.45, 7) is 3.97. The van der Waals surface area contributed by atoms with Crippen molar-refractivity contribution in [2.75, 3.05) is 5.32 Å². The molecule has 1 aliphatic rings. The second-order valence-electron chi connectivity index (χ2n) is 7.13. The van der Waals surface area contributed by atoms with E-state index in [1.807, 2.05) is 62.4 Å². The SMILES string of the molecule is Cc1nc(NC2NC(=O)C(Cc3ccc(Cl)cc3)C(C)N2)nc2ccccc12. The van der Waals surface area contributed by atoms with E-state index in [0.717, 1.165) is 22.2 Å². The molecule has 6 nitrogen and oxygen atoms in total. The van der Waals surface area contributed by atoms with Crippen molar-refractivity contribution < 1.29 is 4.79 Å². The molecule has 1 amide bonds. The number of amides is 1. The highest BCUT2D eigenvalue weighted by molar-refractivity contribution is 6.30. The van der Waals surface area contributed by atoms with Gasteiger partial charge in [0.25, 0.3) is 0 Å². The maximum Gasteiger partial charge on any atom is 0.227 e. The molecular weight excluding hydrogens is 374 g/mol. The number of para-hydroxylation sites is 1. The molecule has 4 rings (SSSR count). The number of benzene rings is 2. The second-order valence-corrected chi connectivity index (χ2v) is 7.56. The van der Waals surface area contributed by atoms with Gasteiger partial charge in [-0.2, -0.15) is 0 Å². The van der Waals surface area contributed by atoms with Gasteiger partial charge in [-0.1, -0.05) is 41.9 Å². The Bertz CT molecular complexity index is 1010. The van der Waals surface area contributed by atoms with Crippen LogP contribution < -0.4 is 16.0 Å². The number of aromatic nitrogens is 2. The first-order valence-electron chi connectivity index (χ1n) is 9.30. The minimum atomic E-state index is -0.426. The Labute approximate surface area is 168 Å². The standard InChI is InChI=1S/C21H22ClN5O/c1-12-16-5-3-4-6-18(16)25-20(23-12)27-21-24-13(2)17(19(28)26-21)11-14-7-9-15(22)10-8-14/h3-10,13,17,21,24H,11H2,1-2H3,(H,26,28)(H,23,25,27). The summed E-state index contributed by atoms with van der Waals surface area (Å²) < 4.78 is 0. The lowest BCUT2D eigenvalue weighted by molar-refractivity contribution is -0.128. The van der Waals surface area contributed by atoms with Gasteiger partial charge < -0.3 is 10.6 Å². The molecule has 0 bridgehead atoms. The van der Waals surface area contributed by atoms with Gasteiger partial charge in [0.05, 0.1) is 17.1 Å². The zero-order valence-electron chi connectivity index (χ0n) is 15.7. The van der Waals surface area contributed by atoms with Crippen molar-refractivity contribution in [2.24, 2.45) is 5.92 Å². The van der Waals surface area contributed by atoms with Crippen molar-refractivity contribution in [2.45, 2.75) is 32.6 Å². The molecule has 3 unspecified atom stereocenters. The summed E-state index contributed by atoms with van der Waals surface area (Å²) >= 11 is 5.94. The molecule has 28 heavy (non-hydrogen) atoms. The number of nitrogens with one attached hydrogen (secondary N) is 3. The normalized spacial score (nSPS) is 22.1. The van der Waals surface area contributed by atoms with Gasteiger partial charge in [0.2, 0.25) is 11.9 Å². The first-order valence-corrected chi connectivity index (χ1v) is 9.68. The highest BCUT2D eigenvalue weighted by Crippen LogP contribution is 2.20. The van der Waals surface area contributed by atoms with E-state index in [-0.39, 0.29) is 17.9 Å². The van der Waals surface area contributed by atoms with Crippen molar-refractivity contribution in [3.05, 3.63) is 64.8 Å². The smallest absolute Gasteiger partial charge is 0.227 e. The van der Waals surface area contributed by atoms with Crippen molar-refractivity contribution in [3.63, 3.8) is 0 Å². The monoisotopic (exact) mass is 395 g/mol. The molecule has 2 heterocycles. The Kier molecular flexibility index (Phi) is 5.15. The number of carbonyl (C=O) groups excluding carboxylic acids is 1. The van der Waals surface area contributed by atoms with E-state index in [1.165, 1.54) is 0 Å². The van der Waals surface area contributed by atoms with Crippen LogP contribution in [-0.2, 0) is 11.2 Å². The van der Waals surface area contributed by atoms with E-state index >= 15 is 0 Å². The van der Waals surface area contributed by atoms with Gasteiger partial charge in [-0.05, 0) is 44.0 Å². The van der Waals surface area contributed by atoms with E-state index in [2.05, 4.69) is 25.9 Å². The highest BCUT2D eigenvalue weighted by Gasteiger charge is 2.33. The number of aryl methyl sites for hydroxylation is 1. The summed E-state index contributed by atoms with van der Waals surface area (Å²) in [6.07, 6.45) is 0.222. The Morgan fingerprint density at radius 3 is 2.61 bits per heavy atom. The van der Waals surface area contributed by atoms with E-state index in [4.69, 9.17) is 11.6 Å². The van der Waals surface area contributed by atoms with E-state index in [0.29, 0.717) is 17.4 Å². The lowest BCUT2D eigenvalue weighted by Gasteiger charge is -2.36. The molecule has 1 aromatic heterocycles. The molecule has 1 fully saturated rings. The minimum absolute atomic E-state index is 0.00351. The molecule has 1 saturated heterocycles. The lowest BCUT2D eigenvalue weighted by atomic mass is 9.91. The quantitative estimate of drug-likeness (QED) is 0.632. The van der Waals surface area contributed by atoms with Crippen molar-refractivity contribution in [3.8, 4) is 0 Å². The van der Waals surface area contributed by atoms with Crippen LogP contribution in [0.15, 0.2) is 48.5 Å². The molecule has 144 valence electrons. The second kappa shape index (κ2) is 7.73. The van der Waals surface area contributed by atoms with Crippen LogP contribution in [0.2, 0.25) is 5.02 Å². The molecule has 3 atom stereocenters. The van der Waals surface area contributed by atoms with Gasteiger partial charge in [-0.3, -0.25) is 10.1 Å². The average Bonchev–Trinajstić information content (AvgIpc) is 2.66. The number of nitrogens with zero attached hydrogens (tertiary/aromatic N) is 2. The van der Waals surface area contributed by atoms with Crippen LogP contribution in [0.25, 0.3) is 10.9 Å². The number of anilines is 1. The predicted octanol–water partition coefficient (Wildman–Crippen LogP) is 3.25. The van der Waals surface area contributed by atoms with Gasteiger partial charge in [0.15, 0.2) is 6.29 Å². The van der Waals surface area contributed by atoms with Crippen LogP contribution in [0.3, 0.4) is 0 Å². The molecule has 3 N–H and O–H groups in total. The van der Waals surface area contributed by atoms with Gasteiger partial charge in [-0.25, -0.2) is 9.97 Å². The molecule has 3 aromatic rings. The Morgan fingerprint density at radius 1 is 1.11 bits per heavy atom. The third-order valence-corrected chi connectivity index (χ3v) is 5.34. The summed E-state index contributed by atoms with van der Waals surface area (Å²) in [5, 5.41) is 11.3. The van der Waals surface area contributed by atoms with E-state index < -0.39 is 6.29 Å². The van der Waals surface area contributed by atoms with E-state index in [1.54, 1.807) is 0 Å². The maximum absolute atomic E-state index is 12.7. The van der Waals surface area contributed by atoms with Gasteiger partial charge in [-0.15, -0.1) is 0 Å². The Balaban J connectivity index is 1.46. The van der Waals surface area contributed by atoms with Crippen LogP contribution in [0, 0.1) is 12.8 Å². The average molecular weight is 396 g/mol. The Hall–Kier alpha value is -2.70. The number of fused-ring (bicyclic) bond motifs is 1. The van der Waals surface area contributed by atoms with Crippen LogP contribution in [-0.4, -0.2) is 28.2 Å². The fourth-order valence-electron chi connectivity index (χ4n) is 3.55. The number of hydrogen-bond donors (Lipinski definition) is 3. The lowest BCUT2D eigenvalue weighted by Crippen LogP contribution is -2.63. The third kappa shape index (κ3) is 3.93. The van der Waals surface area contributed by atoms with Crippen LogP contribution in [0.1, 0.15) is 18.2 Å². The van der Waals surface area contributed by atoms with Crippen LogP contribution in [0.4, 0.5) is 5.95 Å². The fourth-order valence-corrected chi connectivity index (χ4v) is 3.67. The zero-order chi connectivity index (χ0) is 19.7. The molecule has 0 radical (unpaired) electrons. The Morgan fingerprint density at radius 2 is 1.86 bits per heavy atom. The maximum atomic E-state index is 12.7. The third-order valence-electron chi connectivity index (χ3n) is 5.09. The molecule has 2 aromatic carbocycles. The van der Waals surface area contributed by atoms with Crippen molar-refractivity contribution in [1.82, 2.24) is 20.6 Å².